The molecule has 6 nitrogen and oxygen atoms in total. The molecule has 1 aromatic carbocycles. The Bertz CT molecular complexity index is 1170. The van der Waals surface area contributed by atoms with Crippen LogP contribution in [0.4, 0.5) is 5.69 Å². The van der Waals surface area contributed by atoms with Crippen molar-refractivity contribution in [3.05, 3.63) is 69.6 Å². The minimum absolute atomic E-state index is 0.149. The smallest absolute Gasteiger partial charge is 0.329 e. The van der Waals surface area contributed by atoms with Gasteiger partial charge < -0.3 is 15.7 Å². The van der Waals surface area contributed by atoms with Crippen LogP contribution in [0.3, 0.4) is 0 Å². The maximum absolute atomic E-state index is 12.6. The highest BCUT2D eigenvalue weighted by Gasteiger charge is 2.49. The van der Waals surface area contributed by atoms with Gasteiger partial charge in [-0.25, -0.2) is 4.79 Å². The number of carbonyl (C=O) groups is 2. The van der Waals surface area contributed by atoms with Gasteiger partial charge in [0.05, 0.1) is 15.6 Å². The summed E-state index contributed by atoms with van der Waals surface area (Å²) in [6.07, 6.45) is 10.7. The second-order valence-electron chi connectivity index (χ2n) is 9.24. The van der Waals surface area contributed by atoms with Crippen LogP contribution in [-0.2, 0) is 11.2 Å². The first-order chi connectivity index (χ1) is 16.7. The normalized spacial score (nSPS) is 18.3. The number of halogens is 2. The molecule has 0 saturated heterocycles. The molecule has 1 heterocycles. The lowest BCUT2D eigenvalue weighted by Gasteiger charge is -2.48. The highest BCUT2D eigenvalue weighted by atomic mass is 35.5. The largest absolute Gasteiger partial charge is 0.479 e. The lowest BCUT2D eigenvalue weighted by molar-refractivity contribution is -0.144. The van der Waals surface area contributed by atoms with Crippen LogP contribution in [0, 0.1) is 5.41 Å². The molecule has 1 aromatic heterocycles. The molecule has 9 heteroatoms. The molecule has 2 aliphatic carbocycles. The standard InChI is InChI=1S/C26H27Cl2N3O3S/c1-2-26(24(33)34,31-20-12-21(35)25(20)10-4-3-5-11-25)13-16-6-8-17(9-7-16)30-23(32)22-18(27)14-29-15-19(22)28/h6-9,12,14-15,31H,2-5,10-11,13H2,1H3,(H,30,32)(H,33,34)/t26-/m0/s1. The Morgan fingerprint density at radius 2 is 1.74 bits per heavy atom. The average molecular weight is 532 g/mol. The number of pyridine rings is 1. The molecule has 2 aliphatic rings. The number of rotatable bonds is 8. The summed E-state index contributed by atoms with van der Waals surface area (Å²) in [5.41, 5.74) is 1.15. The van der Waals surface area contributed by atoms with E-state index in [0.29, 0.717) is 12.1 Å². The van der Waals surface area contributed by atoms with Crippen LogP contribution in [0.5, 0.6) is 0 Å². The third kappa shape index (κ3) is 4.95. The molecule has 0 radical (unpaired) electrons. The van der Waals surface area contributed by atoms with Gasteiger partial charge in [0, 0.05) is 40.5 Å². The number of amides is 1. The van der Waals surface area contributed by atoms with E-state index in [2.05, 4.69) is 15.6 Å². The number of benzene rings is 1. The Balaban J connectivity index is 1.50. The molecule has 1 amide bonds. The summed E-state index contributed by atoms with van der Waals surface area (Å²) >= 11 is 17.7. The molecular formula is C26H27Cl2N3O3S. The summed E-state index contributed by atoms with van der Waals surface area (Å²) in [5, 5.41) is 16.7. The Hall–Kier alpha value is -2.48. The van der Waals surface area contributed by atoms with Crippen molar-refractivity contribution in [2.45, 2.75) is 57.4 Å². The van der Waals surface area contributed by atoms with Crippen LogP contribution in [0.25, 0.3) is 0 Å². The molecule has 0 aliphatic heterocycles. The molecule has 1 saturated carbocycles. The number of allylic oxidation sites excluding steroid dienone is 2. The van der Waals surface area contributed by atoms with Gasteiger partial charge in [0.1, 0.15) is 5.54 Å². The van der Waals surface area contributed by atoms with Gasteiger partial charge in [0.25, 0.3) is 5.91 Å². The number of carboxylic acid groups (broad SMARTS) is 1. The van der Waals surface area contributed by atoms with Crippen LogP contribution < -0.4 is 10.6 Å². The number of anilines is 1. The average Bonchev–Trinajstić information content (AvgIpc) is 2.84. The molecule has 1 atom stereocenters. The third-order valence-corrected chi connectivity index (χ3v) is 8.24. The summed E-state index contributed by atoms with van der Waals surface area (Å²) in [7, 11) is 0. The third-order valence-electron chi connectivity index (χ3n) is 7.15. The quantitative estimate of drug-likeness (QED) is 0.350. The molecule has 0 unspecified atom stereocenters. The zero-order valence-corrected chi connectivity index (χ0v) is 21.7. The van der Waals surface area contributed by atoms with E-state index < -0.39 is 17.4 Å². The number of hydrogen-bond donors (Lipinski definition) is 3. The van der Waals surface area contributed by atoms with Crippen LogP contribution in [0.15, 0.2) is 48.4 Å². The van der Waals surface area contributed by atoms with Crippen molar-refractivity contribution in [3.8, 4) is 0 Å². The Morgan fingerprint density at radius 1 is 1.11 bits per heavy atom. The zero-order valence-electron chi connectivity index (χ0n) is 19.4. The lowest BCUT2D eigenvalue weighted by atomic mass is 9.62. The van der Waals surface area contributed by atoms with Crippen molar-refractivity contribution in [1.29, 1.82) is 0 Å². The SMILES string of the molecule is CC[C@@](Cc1ccc(NC(=O)c2c(Cl)cncc2Cl)cc1)(NC1=CC(=S)C12CCCCC2)C(=O)O. The van der Waals surface area contributed by atoms with E-state index in [-0.39, 0.29) is 27.4 Å². The van der Waals surface area contributed by atoms with Gasteiger partial charge in [-0.2, -0.15) is 0 Å². The molecule has 1 fully saturated rings. The van der Waals surface area contributed by atoms with Crippen molar-refractivity contribution in [2.75, 3.05) is 5.32 Å². The first-order valence-corrected chi connectivity index (χ1v) is 12.8. The Labute approximate surface area is 220 Å². The highest BCUT2D eigenvalue weighted by molar-refractivity contribution is 7.81. The molecule has 2 aromatic rings. The predicted molar refractivity (Wildman–Crippen MR) is 142 cm³/mol. The van der Waals surface area contributed by atoms with Crippen molar-refractivity contribution in [2.24, 2.45) is 5.41 Å². The number of thiocarbonyl (C=S) groups is 1. The molecule has 1 spiro atoms. The topological polar surface area (TPSA) is 91.3 Å². The Morgan fingerprint density at radius 3 is 2.29 bits per heavy atom. The van der Waals surface area contributed by atoms with E-state index in [1.807, 2.05) is 25.1 Å². The summed E-state index contributed by atoms with van der Waals surface area (Å²) in [5.74, 6) is -1.35. The molecule has 3 N–H and O–H groups in total. The Kier molecular flexibility index (Phi) is 7.50. The summed E-state index contributed by atoms with van der Waals surface area (Å²) in [6.45, 7) is 1.88. The van der Waals surface area contributed by atoms with E-state index >= 15 is 0 Å². The number of carbonyl (C=O) groups excluding carboxylic acids is 1. The zero-order chi connectivity index (χ0) is 25.2. The maximum atomic E-state index is 12.6. The minimum Gasteiger partial charge on any atom is -0.479 e. The first kappa shape index (κ1) is 25.6. The molecule has 35 heavy (non-hydrogen) atoms. The number of carboxylic acids is 1. The first-order valence-electron chi connectivity index (χ1n) is 11.7. The monoisotopic (exact) mass is 531 g/mol. The van der Waals surface area contributed by atoms with Gasteiger partial charge in [-0.1, -0.05) is 73.7 Å². The number of aliphatic carboxylic acids is 1. The van der Waals surface area contributed by atoms with Crippen molar-refractivity contribution in [3.63, 3.8) is 0 Å². The molecule has 0 bridgehead atoms. The van der Waals surface area contributed by atoms with Gasteiger partial charge >= 0.3 is 5.97 Å². The van der Waals surface area contributed by atoms with E-state index in [0.717, 1.165) is 41.8 Å². The van der Waals surface area contributed by atoms with Crippen LogP contribution in [-0.4, -0.2) is 32.4 Å². The summed E-state index contributed by atoms with van der Waals surface area (Å²) < 4.78 is 0. The predicted octanol–water partition coefficient (Wildman–Crippen LogP) is 6.22. The fraction of sp³-hybridized carbons (Fsp3) is 0.385. The van der Waals surface area contributed by atoms with Crippen LogP contribution in [0.1, 0.15) is 61.4 Å². The number of nitrogens with zero attached hydrogens (tertiary/aromatic N) is 1. The highest BCUT2D eigenvalue weighted by Crippen LogP contribution is 2.49. The number of aromatic nitrogens is 1. The van der Waals surface area contributed by atoms with E-state index in [1.54, 1.807) is 12.1 Å². The molecule has 4 rings (SSSR count). The molecular weight excluding hydrogens is 505 g/mol. The number of nitrogens with one attached hydrogen (secondary N) is 2. The van der Waals surface area contributed by atoms with Gasteiger partial charge in [-0.3, -0.25) is 9.78 Å². The van der Waals surface area contributed by atoms with Crippen molar-refractivity contribution in [1.82, 2.24) is 10.3 Å². The van der Waals surface area contributed by atoms with Crippen LogP contribution >= 0.6 is 35.4 Å². The van der Waals surface area contributed by atoms with E-state index in [1.165, 1.54) is 18.8 Å². The van der Waals surface area contributed by atoms with Gasteiger partial charge in [-0.05, 0) is 43.0 Å². The second-order valence-corrected chi connectivity index (χ2v) is 10.5. The van der Waals surface area contributed by atoms with Crippen LogP contribution in [0.2, 0.25) is 10.0 Å². The van der Waals surface area contributed by atoms with Gasteiger partial charge in [0.15, 0.2) is 0 Å². The van der Waals surface area contributed by atoms with Gasteiger partial charge in [0.2, 0.25) is 0 Å². The molecule has 184 valence electrons. The fourth-order valence-corrected chi connectivity index (χ4v) is 5.93. The van der Waals surface area contributed by atoms with E-state index in [4.69, 9.17) is 35.4 Å². The van der Waals surface area contributed by atoms with Crippen molar-refractivity contribution >= 4 is 57.8 Å². The van der Waals surface area contributed by atoms with Gasteiger partial charge in [-0.15, -0.1) is 0 Å². The van der Waals surface area contributed by atoms with Crippen molar-refractivity contribution < 1.29 is 14.7 Å². The lowest BCUT2D eigenvalue weighted by Crippen LogP contribution is -2.58. The van der Waals surface area contributed by atoms with E-state index in [9.17, 15) is 14.7 Å². The maximum Gasteiger partial charge on any atom is 0.329 e. The minimum atomic E-state index is -1.16. The summed E-state index contributed by atoms with van der Waals surface area (Å²) in [4.78, 5) is 29.9. The number of hydrogen-bond acceptors (Lipinski definition) is 5. The fourth-order valence-electron chi connectivity index (χ4n) is 4.96. The second kappa shape index (κ2) is 10.2. The summed E-state index contributed by atoms with van der Waals surface area (Å²) in [6, 6.07) is 7.10.